The predicted octanol–water partition coefficient (Wildman–Crippen LogP) is 3.72. The van der Waals surface area contributed by atoms with Crippen molar-refractivity contribution in [2.75, 3.05) is 20.2 Å². The number of ether oxygens (including phenoxy) is 1. The topological polar surface area (TPSA) is 106 Å². The normalized spacial score (nSPS) is 15.8. The van der Waals surface area contributed by atoms with E-state index in [4.69, 9.17) is 4.74 Å². The molecule has 188 valence electrons. The lowest BCUT2D eigenvalue weighted by molar-refractivity contribution is 0.0934. The third-order valence-corrected chi connectivity index (χ3v) is 8.41. The number of carbonyl (C=O) groups excluding carboxylic acids is 1. The summed E-state index contributed by atoms with van der Waals surface area (Å²) in [5.74, 6) is -0.0603. The number of aromatic nitrogens is 3. The van der Waals surface area contributed by atoms with Crippen molar-refractivity contribution in [3.63, 3.8) is 0 Å². The standard InChI is InChI=1S/C25H33N5O4S/c1-6-16(2)27-25(31)23-22(24-26-17(3)14-18(4)30(24)28-23)19-10-11-20(34-5)21(15-19)35(32,33)29-12-8-7-9-13-29/h10-11,14-16H,6-9,12-13H2,1-5H3,(H,27,31)/t16-/m1/s1. The van der Waals surface area contributed by atoms with E-state index in [9.17, 15) is 13.2 Å². The van der Waals surface area contributed by atoms with Gasteiger partial charge in [0.05, 0.1) is 12.7 Å². The van der Waals surface area contributed by atoms with Crippen molar-refractivity contribution in [3.05, 3.63) is 41.3 Å². The number of methoxy groups -OCH3 is 1. The van der Waals surface area contributed by atoms with Gasteiger partial charge in [-0.3, -0.25) is 4.79 Å². The van der Waals surface area contributed by atoms with Crippen LogP contribution in [-0.2, 0) is 10.0 Å². The van der Waals surface area contributed by atoms with E-state index >= 15 is 0 Å². The predicted molar refractivity (Wildman–Crippen MR) is 134 cm³/mol. The van der Waals surface area contributed by atoms with Gasteiger partial charge in [-0.25, -0.2) is 17.9 Å². The quantitative estimate of drug-likeness (QED) is 0.531. The smallest absolute Gasteiger partial charge is 0.272 e. The number of piperidine rings is 1. The Kier molecular flexibility index (Phi) is 7.14. The van der Waals surface area contributed by atoms with Gasteiger partial charge in [0, 0.05) is 30.5 Å². The maximum Gasteiger partial charge on any atom is 0.272 e. The third kappa shape index (κ3) is 4.77. The lowest BCUT2D eigenvalue weighted by Gasteiger charge is -2.26. The molecule has 0 spiro atoms. The number of fused-ring (bicyclic) bond motifs is 1. The van der Waals surface area contributed by atoms with Gasteiger partial charge in [0.15, 0.2) is 11.3 Å². The van der Waals surface area contributed by atoms with E-state index in [-0.39, 0.29) is 28.3 Å². The minimum absolute atomic E-state index is 0.0399. The number of nitrogens with zero attached hydrogens (tertiary/aromatic N) is 4. The van der Waals surface area contributed by atoms with Crippen molar-refractivity contribution in [2.24, 2.45) is 0 Å². The summed E-state index contributed by atoms with van der Waals surface area (Å²) in [6.07, 6.45) is 3.45. The molecular weight excluding hydrogens is 466 g/mol. The largest absolute Gasteiger partial charge is 0.495 e. The molecule has 2 aromatic heterocycles. The lowest BCUT2D eigenvalue weighted by atomic mass is 10.0. The molecule has 0 unspecified atom stereocenters. The Morgan fingerprint density at radius 1 is 1.17 bits per heavy atom. The summed E-state index contributed by atoms with van der Waals surface area (Å²) in [7, 11) is -2.33. The van der Waals surface area contributed by atoms with E-state index in [2.05, 4.69) is 15.4 Å². The molecule has 0 bridgehead atoms. The Bertz CT molecular complexity index is 1360. The summed E-state index contributed by atoms with van der Waals surface area (Å²) in [5, 5.41) is 7.57. The SMILES string of the molecule is CC[C@@H](C)NC(=O)c1nn2c(C)cc(C)nc2c1-c1ccc(OC)c(S(=O)(=O)N2CCCCC2)c1. The highest BCUT2D eigenvalue weighted by atomic mass is 32.2. The van der Waals surface area contributed by atoms with Gasteiger partial charge >= 0.3 is 0 Å². The van der Waals surface area contributed by atoms with Gasteiger partial charge in [0.2, 0.25) is 10.0 Å². The van der Waals surface area contributed by atoms with Gasteiger partial charge < -0.3 is 10.1 Å². The summed E-state index contributed by atoms with van der Waals surface area (Å²) >= 11 is 0. The monoisotopic (exact) mass is 499 g/mol. The van der Waals surface area contributed by atoms with Crippen LogP contribution in [-0.4, -0.2) is 59.5 Å². The molecule has 1 N–H and O–H groups in total. The maximum atomic E-state index is 13.6. The Morgan fingerprint density at radius 2 is 1.89 bits per heavy atom. The molecule has 1 atom stereocenters. The van der Waals surface area contributed by atoms with E-state index in [0.717, 1.165) is 37.1 Å². The van der Waals surface area contributed by atoms with Crippen LogP contribution in [0.25, 0.3) is 16.8 Å². The molecule has 0 radical (unpaired) electrons. The minimum atomic E-state index is -3.78. The molecule has 1 fully saturated rings. The van der Waals surface area contributed by atoms with Crippen LogP contribution in [0.4, 0.5) is 0 Å². The van der Waals surface area contributed by atoms with Crippen LogP contribution in [0.2, 0.25) is 0 Å². The molecule has 3 heterocycles. The van der Waals surface area contributed by atoms with Gasteiger partial charge in [-0.2, -0.15) is 9.40 Å². The first kappa shape index (κ1) is 25.1. The zero-order valence-electron chi connectivity index (χ0n) is 21.0. The number of aryl methyl sites for hydroxylation is 2. The molecule has 10 heteroatoms. The highest BCUT2D eigenvalue weighted by Gasteiger charge is 2.31. The zero-order valence-corrected chi connectivity index (χ0v) is 21.8. The second-order valence-electron chi connectivity index (χ2n) is 9.11. The molecule has 1 aromatic carbocycles. The number of carbonyl (C=O) groups is 1. The van der Waals surface area contributed by atoms with Crippen LogP contribution in [0.3, 0.4) is 0 Å². The Hall–Kier alpha value is -2.98. The average Bonchev–Trinajstić information content (AvgIpc) is 3.24. The fourth-order valence-electron chi connectivity index (χ4n) is 4.42. The maximum absolute atomic E-state index is 13.6. The molecule has 0 aliphatic carbocycles. The number of nitrogens with one attached hydrogen (secondary N) is 1. The first-order chi connectivity index (χ1) is 16.7. The summed E-state index contributed by atoms with van der Waals surface area (Å²) < 4.78 is 35.8. The summed E-state index contributed by atoms with van der Waals surface area (Å²) in [6.45, 7) is 8.66. The molecule has 4 rings (SSSR count). The number of sulfonamides is 1. The zero-order chi connectivity index (χ0) is 25.3. The van der Waals surface area contributed by atoms with Crippen molar-refractivity contribution in [2.45, 2.75) is 64.3 Å². The van der Waals surface area contributed by atoms with Gasteiger partial charge in [-0.05, 0) is 63.8 Å². The van der Waals surface area contributed by atoms with E-state index in [1.54, 1.807) is 22.7 Å². The van der Waals surface area contributed by atoms with Crippen LogP contribution < -0.4 is 10.1 Å². The van der Waals surface area contributed by atoms with Crippen LogP contribution >= 0.6 is 0 Å². The summed E-state index contributed by atoms with van der Waals surface area (Å²) in [6, 6.07) is 6.82. The van der Waals surface area contributed by atoms with E-state index in [1.807, 2.05) is 33.8 Å². The first-order valence-electron chi connectivity index (χ1n) is 12.0. The molecule has 1 aliphatic heterocycles. The van der Waals surface area contributed by atoms with Crippen molar-refractivity contribution in [1.82, 2.24) is 24.2 Å². The molecule has 9 nitrogen and oxygen atoms in total. The first-order valence-corrected chi connectivity index (χ1v) is 13.5. The fraction of sp³-hybridized carbons (Fsp3) is 0.480. The number of benzene rings is 1. The van der Waals surface area contributed by atoms with Crippen molar-refractivity contribution >= 4 is 21.6 Å². The average molecular weight is 500 g/mol. The molecular formula is C25H33N5O4S. The van der Waals surface area contributed by atoms with E-state index in [0.29, 0.717) is 29.9 Å². The van der Waals surface area contributed by atoms with Crippen molar-refractivity contribution in [3.8, 4) is 16.9 Å². The van der Waals surface area contributed by atoms with Crippen molar-refractivity contribution in [1.29, 1.82) is 0 Å². The van der Waals surface area contributed by atoms with Gasteiger partial charge in [-0.15, -0.1) is 0 Å². The summed E-state index contributed by atoms with van der Waals surface area (Å²) in [4.78, 5) is 18.0. The summed E-state index contributed by atoms with van der Waals surface area (Å²) in [5.41, 5.74) is 3.35. The lowest BCUT2D eigenvalue weighted by Crippen LogP contribution is -2.35. The van der Waals surface area contributed by atoms with E-state index < -0.39 is 10.0 Å². The number of amides is 1. The molecule has 0 saturated carbocycles. The Balaban J connectivity index is 1.94. The second kappa shape index (κ2) is 9.94. The van der Waals surface area contributed by atoms with Crippen LogP contribution in [0.15, 0.2) is 29.2 Å². The molecule has 1 amide bonds. The second-order valence-corrected chi connectivity index (χ2v) is 11.0. The highest BCUT2D eigenvalue weighted by Crippen LogP contribution is 2.36. The highest BCUT2D eigenvalue weighted by molar-refractivity contribution is 7.89. The van der Waals surface area contributed by atoms with Crippen molar-refractivity contribution < 1.29 is 17.9 Å². The third-order valence-electron chi connectivity index (χ3n) is 6.49. The number of rotatable bonds is 7. The van der Waals surface area contributed by atoms with E-state index in [1.165, 1.54) is 11.4 Å². The molecule has 35 heavy (non-hydrogen) atoms. The van der Waals surface area contributed by atoms with Crippen LogP contribution in [0.1, 0.15) is 61.4 Å². The van der Waals surface area contributed by atoms with Gasteiger partial charge in [0.1, 0.15) is 10.6 Å². The van der Waals surface area contributed by atoms with Crippen LogP contribution in [0.5, 0.6) is 5.75 Å². The Morgan fingerprint density at radius 3 is 2.54 bits per heavy atom. The molecule has 1 saturated heterocycles. The van der Waals surface area contributed by atoms with Gasteiger partial charge in [-0.1, -0.05) is 19.4 Å². The molecule has 3 aromatic rings. The van der Waals surface area contributed by atoms with Crippen LogP contribution in [0, 0.1) is 13.8 Å². The Labute approximate surface area is 206 Å². The minimum Gasteiger partial charge on any atom is -0.495 e. The number of hydrogen-bond donors (Lipinski definition) is 1. The van der Waals surface area contributed by atoms with Gasteiger partial charge in [0.25, 0.3) is 5.91 Å². The number of hydrogen-bond acceptors (Lipinski definition) is 6. The molecule has 1 aliphatic rings. The fourth-order valence-corrected chi connectivity index (χ4v) is 6.12.